The van der Waals surface area contributed by atoms with E-state index in [0.717, 1.165) is 6.42 Å². The molecule has 0 radical (unpaired) electrons. The minimum absolute atomic E-state index is 0.0146. The molecule has 0 aromatic rings. The monoisotopic (exact) mass is 239 g/mol. The minimum atomic E-state index is 0.0146. The second-order valence-electron chi connectivity index (χ2n) is 6.31. The molecule has 0 aliphatic carbocycles. The van der Waals surface area contributed by atoms with Crippen molar-refractivity contribution in [2.75, 3.05) is 20.6 Å². The summed E-state index contributed by atoms with van der Waals surface area (Å²) in [6, 6.07) is 1.03. The molecule has 17 heavy (non-hydrogen) atoms. The number of hydrogen-bond donors (Lipinski definition) is 2. The van der Waals surface area contributed by atoms with Crippen LogP contribution in [0.3, 0.4) is 0 Å². The average Bonchev–Trinajstić information content (AvgIpc) is 2.87. The number of nitrogens with one attached hydrogen (secondary N) is 2. The first-order valence-electron chi connectivity index (χ1n) is 6.61. The Bertz CT molecular complexity index is 301. The van der Waals surface area contributed by atoms with Gasteiger partial charge in [0.25, 0.3) is 0 Å². The van der Waals surface area contributed by atoms with E-state index in [9.17, 15) is 4.79 Å². The zero-order valence-electron chi connectivity index (χ0n) is 11.4. The lowest BCUT2D eigenvalue weighted by Gasteiger charge is -2.33. The van der Waals surface area contributed by atoms with Gasteiger partial charge in [0, 0.05) is 24.2 Å². The van der Waals surface area contributed by atoms with Crippen LogP contribution in [0.5, 0.6) is 0 Å². The number of amides is 1. The van der Waals surface area contributed by atoms with Gasteiger partial charge in [0.05, 0.1) is 5.92 Å². The highest BCUT2D eigenvalue weighted by Crippen LogP contribution is 2.33. The Kier molecular flexibility index (Phi) is 3.46. The quantitative estimate of drug-likeness (QED) is 0.754. The zero-order chi connectivity index (χ0) is 12.6. The van der Waals surface area contributed by atoms with Crippen LogP contribution in [0.4, 0.5) is 0 Å². The molecule has 2 N–H and O–H groups in total. The molecule has 2 saturated heterocycles. The van der Waals surface area contributed by atoms with Crippen LogP contribution in [0.25, 0.3) is 0 Å². The van der Waals surface area contributed by atoms with Crippen LogP contribution in [0.15, 0.2) is 0 Å². The smallest absolute Gasteiger partial charge is 0.224 e. The van der Waals surface area contributed by atoms with Crippen molar-refractivity contribution >= 4 is 5.91 Å². The number of fused-ring (bicyclic) bond motifs is 2. The van der Waals surface area contributed by atoms with Crippen LogP contribution >= 0.6 is 0 Å². The van der Waals surface area contributed by atoms with Crippen LogP contribution in [0, 0.1) is 5.92 Å². The van der Waals surface area contributed by atoms with Gasteiger partial charge >= 0.3 is 0 Å². The molecule has 4 heteroatoms. The van der Waals surface area contributed by atoms with Crippen molar-refractivity contribution in [3.8, 4) is 0 Å². The molecule has 0 saturated carbocycles. The van der Waals surface area contributed by atoms with Gasteiger partial charge in [0.1, 0.15) is 0 Å². The van der Waals surface area contributed by atoms with Crippen molar-refractivity contribution < 1.29 is 4.79 Å². The van der Waals surface area contributed by atoms with E-state index in [1.165, 1.54) is 12.8 Å². The largest absolute Gasteiger partial charge is 0.354 e. The van der Waals surface area contributed by atoms with Crippen molar-refractivity contribution in [3.63, 3.8) is 0 Å². The van der Waals surface area contributed by atoms with Gasteiger partial charge in [-0.05, 0) is 47.2 Å². The SMILES string of the molecule is CN(C)C(C)(C)CNC(=O)C1CC2CCC1N2. The number of hydrogen-bond acceptors (Lipinski definition) is 3. The van der Waals surface area contributed by atoms with E-state index in [1.807, 2.05) is 14.1 Å². The molecule has 2 fully saturated rings. The number of carbonyl (C=O) groups is 1. The fourth-order valence-corrected chi connectivity index (χ4v) is 2.71. The van der Waals surface area contributed by atoms with Gasteiger partial charge in [-0.15, -0.1) is 0 Å². The van der Waals surface area contributed by atoms with E-state index in [0.29, 0.717) is 18.6 Å². The lowest BCUT2D eigenvalue weighted by Crippen LogP contribution is -2.50. The van der Waals surface area contributed by atoms with Crippen molar-refractivity contribution in [2.24, 2.45) is 5.92 Å². The van der Waals surface area contributed by atoms with Gasteiger partial charge in [0.2, 0.25) is 5.91 Å². The molecule has 3 unspecified atom stereocenters. The van der Waals surface area contributed by atoms with Gasteiger partial charge in [-0.1, -0.05) is 0 Å². The zero-order valence-corrected chi connectivity index (χ0v) is 11.4. The molecule has 2 bridgehead atoms. The van der Waals surface area contributed by atoms with Crippen molar-refractivity contribution in [1.82, 2.24) is 15.5 Å². The first-order chi connectivity index (χ1) is 7.90. The highest BCUT2D eigenvalue weighted by molar-refractivity contribution is 5.80. The Morgan fingerprint density at radius 1 is 1.41 bits per heavy atom. The minimum Gasteiger partial charge on any atom is -0.354 e. The third kappa shape index (κ3) is 2.63. The van der Waals surface area contributed by atoms with Gasteiger partial charge < -0.3 is 15.5 Å². The molecule has 2 aliphatic rings. The third-order valence-corrected chi connectivity index (χ3v) is 4.54. The number of nitrogens with zero attached hydrogens (tertiary/aromatic N) is 1. The van der Waals surface area contributed by atoms with Gasteiger partial charge in [-0.2, -0.15) is 0 Å². The molecule has 0 spiro atoms. The Morgan fingerprint density at radius 2 is 2.12 bits per heavy atom. The molecular weight excluding hydrogens is 214 g/mol. The number of rotatable bonds is 4. The fourth-order valence-electron chi connectivity index (χ4n) is 2.71. The maximum atomic E-state index is 12.1. The molecule has 1 amide bonds. The van der Waals surface area contributed by atoms with Gasteiger partial charge in [0.15, 0.2) is 0 Å². The normalized spacial score (nSPS) is 32.2. The fraction of sp³-hybridized carbons (Fsp3) is 0.923. The molecule has 0 aromatic carbocycles. The second-order valence-corrected chi connectivity index (χ2v) is 6.31. The maximum absolute atomic E-state index is 12.1. The summed E-state index contributed by atoms with van der Waals surface area (Å²) in [5, 5.41) is 6.62. The second kappa shape index (κ2) is 4.58. The maximum Gasteiger partial charge on any atom is 0.224 e. The Labute approximate surface area is 104 Å². The average molecular weight is 239 g/mol. The summed E-state index contributed by atoms with van der Waals surface area (Å²) < 4.78 is 0. The lowest BCUT2D eigenvalue weighted by molar-refractivity contribution is -0.126. The van der Waals surface area contributed by atoms with Gasteiger partial charge in [-0.25, -0.2) is 0 Å². The van der Waals surface area contributed by atoms with Crippen LogP contribution in [-0.2, 0) is 4.79 Å². The summed E-state index contributed by atoms with van der Waals surface area (Å²) in [4.78, 5) is 14.3. The summed E-state index contributed by atoms with van der Waals surface area (Å²) in [6.45, 7) is 5.01. The summed E-state index contributed by atoms with van der Waals surface area (Å²) in [5.41, 5.74) is 0.0146. The highest BCUT2D eigenvalue weighted by atomic mass is 16.2. The summed E-state index contributed by atoms with van der Waals surface area (Å²) in [5.74, 6) is 0.436. The predicted molar refractivity (Wildman–Crippen MR) is 68.8 cm³/mol. The van der Waals surface area contributed by atoms with E-state index >= 15 is 0 Å². The van der Waals surface area contributed by atoms with Crippen molar-refractivity contribution in [3.05, 3.63) is 0 Å². The Balaban J connectivity index is 1.82. The first-order valence-corrected chi connectivity index (χ1v) is 6.61. The molecule has 2 heterocycles. The molecule has 3 atom stereocenters. The number of likely N-dealkylation sites (N-methyl/N-ethyl adjacent to an activating group) is 1. The highest BCUT2D eigenvalue weighted by Gasteiger charge is 2.42. The molecule has 4 nitrogen and oxygen atoms in total. The van der Waals surface area contributed by atoms with Crippen LogP contribution in [0.1, 0.15) is 33.1 Å². The molecule has 98 valence electrons. The number of carbonyl (C=O) groups excluding carboxylic acids is 1. The third-order valence-electron chi connectivity index (χ3n) is 4.54. The molecule has 2 rings (SSSR count). The predicted octanol–water partition coefficient (Wildman–Crippen LogP) is 0.583. The molecular formula is C13H25N3O. The topological polar surface area (TPSA) is 44.4 Å². The molecule has 2 aliphatic heterocycles. The van der Waals surface area contributed by atoms with Crippen LogP contribution < -0.4 is 10.6 Å². The summed E-state index contributed by atoms with van der Waals surface area (Å²) in [7, 11) is 4.09. The van der Waals surface area contributed by atoms with Crippen molar-refractivity contribution in [1.29, 1.82) is 0 Å². The Morgan fingerprint density at radius 3 is 2.59 bits per heavy atom. The van der Waals surface area contributed by atoms with E-state index < -0.39 is 0 Å². The lowest BCUT2D eigenvalue weighted by atomic mass is 9.88. The van der Waals surface area contributed by atoms with E-state index in [1.54, 1.807) is 0 Å². The standard InChI is InChI=1S/C13H25N3O/c1-13(2,16(3)4)8-14-12(17)10-7-9-5-6-11(10)15-9/h9-11,15H,5-8H2,1-4H3,(H,14,17). The van der Waals surface area contributed by atoms with E-state index in [2.05, 4.69) is 29.4 Å². The Hall–Kier alpha value is -0.610. The first kappa shape index (κ1) is 12.8. The van der Waals surface area contributed by atoms with Crippen LogP contribution in [-0.4, -0.2) is 49.1 Å². The summed E-state index contributed by atoms with van der Waals surface area (Å²) in [6.07, 6.45) is 3.44. The van der Waals surface area contributed by atoms with Gasteiger partial charge in [-0.3, -0.25) is 4.79 Å². The van der Waals surface area contributed by atoms with E-state index in [-0.39, 0.29) is 17.4 Å². The summed E-state index contributed by atoms with van der Waals surface area (Å²) >= 11 is 0. The van der Waals surface area contributed by atoms with E-state index in [4.69, 9.17) is 0 Å². The van der Waals surface area contributed by atoms with Crippen LogP contribution in [0.2, 0.25) is 0 Å². The van der Waals surface area contributed by atoms with Crippen molar-refractivity contribution in [2.45, 2.75) is 50.7 Å². The molecule has 0 aromatic heterocycles.